The van der Waals surface area contributed by atoms with Gasteiger partial charge in [0.1, 0.15) is 11.3 Å². The first-order valence-electron chi connectivity index (χ1n) is 7.20. The Hall–Kier alpha value is -1.37. The fraction of sp³-hybridized carbons (Fsp3) is 0.714. The van der Waals surface area contributed by atoms with Crippen molar-refractivity contribution >= 4 is 15.9 Å². The molecular weight excluding hydrogens is 292 g/mol. The van der Waals surface area contributed by atoms with Crippen LogP contribution in [0.25, 0.3) is 0 Å². The predicted molar refractivity (Wildman–Crippen MR) is 80.5 cm³/mol. The van der Waals surface area contributed by atoms with Gasteiger partial charge < -0.3 is 4.52 Å². The monoisotopic (exact) mass is 316 g/mol. The van der Waals surface area contributed by atoms with Crippen LogP contribution in [0.4, 0.5) is 0 Å². The SMILES string of the molecule is CCCc1onc(C)c1C(=O)NS(=O)(=O)[C@@H](C)CC(C)C. The van der Waals surface area contributed by atoms with Crippen LogP contribution in [0.1, 0.15) is 62.3 Å². The molecule has 0 aliphatic rings. The molecule has 21 heavy (non-hydrogen) atoms. The molecule has 0 unspecified atom stereocenters. The highest BCUT2D eigenvalue weighted by Gasteiger charge is 2.28. The molecule has 0 aliphatic carbocycles. The van der Waals surface area contributed by atoms with E-state index in [2.05, 4.69) is 9.88 Å². The molecule has 7 heteroatoms. The van der Waals surface area contributed by atoms with Crippen LogP contribution in [0.3, 0.4) is 0 Å². The maximum Gasteiger partial charge on any atom is 0.270 e. The second-order valence-corrected chi connectivity index (χ2v) is 7.83. The molecule has 1 aromatic heterocycles. The second kappa shape index (κ2) is 7.06. The molecule has 0 fully saturated rings. The van der Waals surface area contributed by atoms with Gasteiger partial charge in [0.2, 0.25) is 10.0 Å². The lowest BCUT2D eigenvalue weighted by atomic mass is 10.1. The number of nitrogens with one attached hydrogen (secondary N) is 1. The highest BCUT2D eigenvalue weighted by atomic mass is 32.2. The van der Waals surface area contributed by atoms with E-state index in [1.165, 1.54) is 0 Å². The highest BCUT2D eigenvalue weighted by Crippen LogP contribution is 2.17. The van der Waals surface area contributed by atoms with Gasteiger partial charge in [0, 0.05) is 6.42 Å². The number of hydrogen-bond donors (Lipinski definition) is 1. The number of hydrogen-bond acceptors (Lipinski definition) is 5. The molecule has 0 saturated carbocycles. The van der Waals surface area contributed by atoms with E-state index in [1.807, 2.05) is 20.8 Å². The molecule has 0 spiro atoms. The standard InChI is InChI=1S/C14H24N2O4S/c1-6-7-12-13(11(5)15-20-12)14(17)16-21(18,19)10(4)8-9(2)3/h9-10H,6-8H2,1-5H3,(H,16,17)/t10-/m0/s1. The van der Waals surface area contributed by atoms with E-state index < -0.39 is 21.2 Å². The maximum absolute atomic E-state index is 12.2. The summed E-state index contributed by atoms with van der Waals surface area (Å²) in [5, 5.41) is 3.12. The summed E-state index contributed by atoms with van der Waals surface area (Å²) in [4.78, 5) is 12.2. The van der Waals surface area contributed by atoms with Crippen LogP contribution in [-0.4, -0.2) is 24.7 Å². The quantitative estimate of drug-likeness (QED) is 0.834. The van der Waals surface area contributed by atoms with Gasteiger partial charge in [0.05, 0.1) is 10.9 Å². The molecule has 1 N–H and O–H groups in total. The molecule has 6 nitrogen and oxygen atoms in total. The molecule has 1 atom stereocenters. The van der Waals surface area contributed by atoms with Gasteiger partial charge in [-0.15, -0.1) is 0 Å². The van der Waals surface area contributed by atoms with Crippen LogP contribution < -0.4 is 4.72 Å². The third-order valence-corrected chi connectivity index (χ3v) is 4.93. The number of amides is 1. The second-order valence-electron chi connectivity index (χ2n) is 5.73. The number of rotatable bonds is 7. The number of nitrogens with zero attached hydrogens (tertiary/aromatic N) is 1. The van der Waals surface area contributed by atoms with Crippen molar-refractivity contribution in [1.82, 2.24) is 9.88 Å². The van der Waals surface area contributed by atoms with Gasteiger partial charge in [-0.2, -0.15) is 0 Å². The Balaban J connectivity index is 2.93. The van der Waals surface area contributed by atoms with E-state index in [9.17, 15) is 13.2 Å². The lowest BCUT2D eigenvalue weighted by Crippen LogP contribution is -2.38. The van der Waals surface area contributed by atoms with E-state index in [0.717, 1.165) is 6.42 Å². The minimum atomic E-state index is -3.70. The zero-order chi connectivity index (χ0) is 16.2. The van der Waals surface area contributed by atoms with Crippen LogP contribution in [0.5, 0.6) is 0 Å². The van der Waals surface area contributed by atoms with Crippen LogP contribution in [0, 0.1) is 12.8 Å². The van der Waals surface area contributed by atoms with Crippen molar-refractivity contribution in [2.45, 2.75) is 59.1 Å². The summed E-state index contributed by atoms with van der Waals surface area (Å²) in [6.45, 7) is 9.06. The van der Waals surface area contributed by atoms with Gasteiger partial charge in [-0.3, -0.25) is 4.79 Å². The molecule has 0 aliphatic heterocycles. The topological polar surface area (TPSA) is 89.3 Å². The van der Waals surface area contributed by atoms with E-state index >= 15 is 0 Å². The Morgan fingerprint density at radius 2 is 1.95 bits per heavy atom. The average Bonchev–Trinajstić information content (AvgIpc) is 2.69. The zero-order valence-electron chi connectivity index (χ0n) is 13.3. The van der Waals surface area contributed by atoms with Crippen LogP contribution in [0.2, 0.25) is 0 Å². The Morgan fingerprint density at radius 3 is 2.48 bits per heavy atom. The first-order valence-corrected chi connectivity index (χ1v) is 8.74. The third-order valence-electron chi connectivity index (χ3n) is 3.21. The molecule has 120 valence electrons. The Labute approximate surface area is 126 Å². The molecule has 1 amide bonds. The molecule has 0 aromatic carbocycles. The summed E-state index contributed by atoms with van der Waals surface area (Å²) in [6, 6.07) is 0. The van der Waals surface area contributed by atoms with Crippen molar-refractivity contribution in [2.75, 3.05) is 0 Å². The molecule has 1 aromatic rings. The van der Waals surface area contributed by atoms with Gasteiger partial charge in [0.25, 0.3) is 5.91 Å². The molecule has 0 bridgehead atoms. The first kappa shape index (κ1) is 17.7. The third kappa shape index (κ3) is 4.56. The van der Waals surface area contributed by atoms with Crippen molar-refractivity contribution in [3.05, 3.63) is 17.0 Å². The maximum atomic E-state index is 12.2. The van der Waals surface area contributed by atoms with E-state index in [-0.39, 0.29) is 11.5 Å². The molecular formula is C14H24N2O4S. The summed E-state index contributed by atoms with van der Waals surface area (Å²) in [6.07, 6.45) is 1.82. The number of aromatic nitrogens is 1. The Kier molecular flexibility index (Phi) is 5.95. The summed E-state index contributed by atoms with van der Waals surface area (Å²) >= 11 is 0. The summed E-state index contributed by atoms with van der Waals surface area (Å²) in [5.74, 6) is 0.00618. The fourth-order valence-electron chi connectivity index (χ4n) is 2.18. The molecule has 1 rings (SSSR count). The molecule has 1 heterocycles. The molecule has 0 radical (unpaired) electrons. The van der Waals surface area contributed by atoms with Crippen LogP contribution >= 0.6 is 0 Å². The van der Waals surface area contributed by atoms with Crippen molar-refractivity contribution in [3.8, 4) is 0 Å². The normalized spacial score (nSPS) is 13.4. The Bertz CT molecular complexity index is 590. The summed E-state index contributed by atoms with van der Waals surface area (Å²) in [5.41, 5.74) is 0.639. The van der Waals surface area contributed by atoms with Gasteiger partial charge >= 0.3 is 0 Å². The highest BCUT2D eigenvalue weighted by molar-refractivity contribution is 7.90. The lowest BCUT2D eigenvalue weighted by molar-refractivity contribution is 0.0978. The lowest BCUT2D eigenvalue weighted by Gasteiger charge is -2.15. The van der Waals surface area contributed by atoms with Crippen molar-refractivity contribution in [2.24, 2.45) is 5.92 Å². The van der Waals surface area contributed by atoms with E-state index in [0.29, 0.717) is 24.3 Å². The zero-order valence-corrected chi connectivity index (χ0v) is 14.1. The van der Waals surface area contributed by atoms with E-state index in [4.69, 9.17) is 4.52 Å². The predicted octanol–water partition coefficient (Wildman–Crippen LogP) is 2.43. The average molecular weight is 316 g/mol. The van der Waals surface area contributed by atoms with Crippen molar-refractivity contribution in [1.29, 1.82) is 0 Å². The van der Waals surface area contributed by atoms with Crippen molar-refractivity contribution < 1.29 is 17.7 Å². The Morgan fingerprint density at radius 1 is 1.33 bits per heavy atom. The number of carbonyl (C=O) groups is 1. The van der Waals surface area contributed by atoms with Crippen LogP contribution in [0.15, 0.2) is 4.52 Å². The van der Waals surface area contributed by atoms with Crippen molar-refractivity contribution in [3.63, 3.8) is 0 Å². The summed E-state index contributed by atoms with van der Waals surface area (Å²) < 4.78 is 31.6. The van der Waals surface area contributed by atoms with E-state index in [1.54, 1.807) is 13.8 Å². The van der Waals surface area contributed by atoms with Gasteiger partial charge in [-0.25, -0.2) is 13.1 Å². The fourth-order valence-corrected chi connectivity index (χ4v) is 3.38. The number of sulfonamides is 1. The smallest absolute Gasteiger partial charge is 0.270 e. The van der Waals surface area contributed by atoms with Gasteiger partial charge in [0.15, 0.2) is 0 Å². The first-order chi connectivity index (χ1) is 9.69. The van der Waals surface area contributed by atoms with Gasteiger partial charge in [-0.05, 0) is 32.6 Å². The summed E-state index contributed by atoms with van der Waals surface area (Å²) in [7, 11) is -3.70. The minimum Gasteiger partial charge on any atom is -0.360 e. The van der Waals surface area contributed by atoms with Crippen LogP contribution in [-0.2, 0) is 16.4 Å². The minimum absolute atomic E-state index is 0.233. The number of carbonyl (C=O) groups excluding carboxylic acids is 1. The largest absolute Gasteiger partial charge is 0.360 e. The van der Waals surface area contributed by atoms with Gasteiger partial charge in [-0.1, -0.05) is 25.9 Å². The molecule has 0 saturated heterocycles. The number of aryl methyl sites for hydroxylation is 2.